The summed E-state index contributed by atoms with van der Waals surface area (Å²) in [7, 11) is 4.97. The van der Waals surface area contributed by atoms with E-state index in [9.17, 15) is 9.59 Å². The number of aromatic nitrogens is 4. The fourth-order valence-electron chi connectivity index (χ4n) is 1.91. The number of hydrogen-bond acceptors (Lipinski definition) is 4. The maximum absolute atomic E-state index is 12.3. The van der Waals surface area contributed by atoms with Crippen molar-refractivity contribution < 1.29 is 14.7 Å². The van der Waals surface area contributed by atoms with E-state index in [4.69, 9.17) is 5.11 Å². The number of amides is 1. The molecule has 2 aromatic heterocycles. The molecule has 1 amide bonds. The smallest absolute Gasteiger partial charge is 0.357 e. The lowest BCUT2D eigenvalue weighted by Gasteiger charge is -2.15. The summed E-state index contributed by atoms with van der Waals surface area (Å²) in [6, 6.07) is 0. The van der Waals surface area contributed by atoms with Crippen LogP contribution in [-0.4, -0.2) is 48.5 Å². The Balaban J connectivity index is 2.20. The fraction of sp³-hybridized carbons (Fsp3) is 0.333. The highest BCUT2D eigenvalue weighted by atomic mass is 16.4. The Morgan fingerprint density at radius 3 is 2.55 bits per heavy atom. The van der Waals surface area contributed by atoms with Crippen LogP contribution in [0.2, 0.25) is 0 Å². The van der Waals surface area contributed by atoms with Gasteiger partial charge < -0.3 is 10.0 Å². The van der Waals surface area contributed by atoms with Gasteiger partial charge in [-0.15, -0.1) is 0 Å². The average Bonchev–Trinajstić information content (AvgIpc) is 2.94. The lowest BCUT2D eigenvalue weighted by atomic mass is 10.2. The van der Waals surface area contributed by atoms with Gasteiger partial charge in [-0.1, -0.05) is 0 Å². The molecule has 0 aliphatic rings. The van der Waals surface area contributed by atoms with Gasteiger partial charge in [0.2, 0.25) is 0 Å². The largest absolute Gasteiger partial charge is 0.476 e. The van der Waals surface area contributed by atoms with Crippen molar-refractivity contribution in [1.82, 2.24) is 24.5 Å². The molecule has 0 bridgehead atoms. The zero-order chi connectivity index (χ0) is 14.9. The molecule has 2 heterocycles. The number of carboxylic acids is 1. The van der Waals surface area contributed by atoms with Crippen LogP contribution in [-0.2, 0) is 20.6 Å². The number of rotatable bonds is 4. The second-order valence-electron chi connectivity index (χ2n) is 4.55. The Labute approximate surface area is 115 Å². The summed E-state index contributed by atoms with van der Waals surface area (Å²) >= 11 is 0. The molecule has 0 aromatic carbocycles. The van der Waals surface area contributed by atoms with Crippen LogP contribution in [0.1, 0.15) is 26.4 Å². The first kappa shape index (κ1) is 13.8. The Morgan fingerprint density at radius 2 is 2.00 bits per heavy atom. The first-order valence-electron chi connectivity index (χ1n) is 5.88. The van der Waals surface area contributed by atoms with Gasteiger partial charge in [-0.25, -0.2) is 4.79 Å². The van der Waals surface area contributed by atoms with Crippen molar-refractivity contribution in [3.05, 3.63) is 35.4 Å². The van der Waals surface area contributed by atoms with Crippen LogP contribution in [0.5, 0.6) is 0 Å². The molecule has 0 saturated heterocycles. The van der Waals surface area contributed by atoms with Crippen molar-refractivity contribution in [2.45, 2.75) is 6.54 Å². The van der Waals surface area contributed by atoms with Crippen molar-refractivity contribution >= 4 is 11.9 Å². The van der Waals surface area contributed by atoms with Crippen LogP contribution in [0.4, 0.5) is 0 Å². The minimum atomic E-state index is -1.22. The highest BCUT2D eigenvalue weighted by molar-refractivity contribution is 6.03. The van der Waals surface area contributed by atoms with E-state index >= 15 is 0 Å². The van der Waals surface area contributed by atoms with E-state index in [1.165, 1.54) is 15.8 Å². The second kappa shape index (κ2) is 5.16. The highest BCUT2D eigenvalue weighted by Crippen LogP contribution is 2.11. The van der Waals surface area contributed by atoms with Gasteiger partial charge >= 0.3 is 5.97 Å². The number of hydrogen-bond donors (Lipinski definition) is 1. The molecule has 0 unspecified atom stereocenters. The Kier molecular flexibility index (Phi) is 3.55. The van der Waals surface area contributed by atoms with E-state index in [1.54, 1.807) is 38.2 Å². The average molecular weight is 277 g/mol. The van der Waals surface area contributed by atoms with E-state index in [0.29, 0.717) is 6.54 Å². The first-order valence-corrected chi connectivity index (χ1v) is 5.88. The van der Waals surface area contributed by atoms with Crippen LogP contribution >= 0.6 is 0 Å². The molecule has 0 saturated carbocycles. The number of carboxylic acid groups (broad SMARTS) is 1. The Bertz CT molecular complexity index is 658. The molecule has 20 heavy (non-hydrogen) atoms. The number of carbonyl (C=O) groups is 2. The summed E-state index contributed by atoms with van der Waals surface area (Å²) in [6.07, 6.45) is 4.86. The van der Waals surface area contributed by atoms with Gasteiger partial charge in [0.05, 0.1) is 11.8 Å². The zero-order valence-corrected chi connectivity index (χ0v) is 11.4. The third-order valence-electron chi connectivity index (χ3n) is 2.79. The highest BCUT2D eigenvalue weighted by Gasteiger charge is 2.23. The van der Waals surface area contributed by atoms with E-state index in [-0.39, 0.29) is 17.2 Å². The fourth-order valence-corrected chi connectivity index (χ4v) is 1.91. The number of carbonyl (C=O) groups excluding carboxylic acids is 1. The molecule has 106 valence electrons. The van der Waals surface area contributed by atoms with Crippen LogP contribution < -0.4 is 0 Å². The lowest BCUT2D eigenvalue weighted by molar-refractivity contribution is 0.0674. The second-order valence-corrected chi connectivity index (χ2v) is 4.55. The molecule has 2 rings (SSSR count). The standard InChI is InChI=1S/C12H15N5O3/c1-15(5-8-4-13-16(2)6-8)11(18)9-7-17(3)14-10(9)12(19)20/h4,6-7H,5H2,1-3H3,(H,19,20). The normalized spacial score (nSPS) is 10.6. The summed E-state index contributed by atoms with van der Waals surface area (Å²) in [4.78, 5) is 24.8. The third-order valence-corrected chi connectivity index (χ3v) is 2.79. The lowest BCUT2D eigenvalue weighted by Crippen LogP contribution is -2.27. The van der Waals surface area contributed by atoms with E-state index in [0.717, 1.165) is 5.56 Å². The maximum Gasteiger partial charge on any atom is 0.357 e. The summed E-state index contributed by atoms with van der Waals surface area (Å²) in [5, 5.41) is 16.8. The van der Waals surface area contributed by atoms with Crippen molar-refractivity contribution in [3.63, 3.8) is 0 Å². The van der Waals surface area contributed by atoms with Gasteiger partial charge in [-0.05, 0) is 0 Å². The van der Waals surface area contributed by atoms with E-state index < -0.39 is 5.97 Å². The molecular formula is C12H15N5O3. The van der Waals surface area contributed by atoms with Crippen LogP contribution in [0, 0.1) is 0 Å². The van der Waals surface area contributed by atoms with Gasteiger partial charge in [0, 0.05) is 45.6 Å². The van der Waals surface area contributed by atoms with Crippen molar-refractivity contribution in [1.29, 1.82) is 0 Å². The molecule has 0 radical (unpaired) electrons. The number of aryl methyl sites for hydroxylation is 2. The summed E-state index contributed by atoms with van der Waals surface area (Å²) in [6.45, 7) is 0.348. The van der Waals surface area contributed by atoms with Crippen LogP contribution in [0.25, 0.3) is 0 Å². The molecule has 0 atom stereocenters. The van der Waals surface area contributed by atoms with E-state index in [2.05, 4.69) is 10.2 Å². The Morgan fingerprint density at radius 1 is 1.30 bits per heavy atom. The zero-order valence-electron chi connectivity index (χ0n) is 11.4. The quantitative estimate of drug-likeness (QED) is 0.857. The summed E-state index contributed by atoms with van der Waals surface area (Å²) < 4.78 is 2.95. The molecule has 0 spiro atoms. The minimum Gasteiger partial charge on any atom is -0.476 e. The summed E-state index contributed by atoms with van der Waals surface area (Å²) in [5.41, 5.74) is 0.700. The molecule has 1 N–H and O–H groups in total. The number of nitrogens with zero attached hydrogens (tertiary/aromatic N) is 5. The molecule has 2 aromatic rings. The summed E-state index contributed by atoms with van der Waals surface area (Å²) in [5.74, 6) is -1.61. The van der Waals surface area contributed by atoms with Crippen LogP contribution in [0.3, 0.4) is 0 Å². The topological polar surface area (TPSA) is 93.3 Å². The van der Waals surface area contributed by atoms with Gasteiger partial charge in [0.15, 0.2) is 5.69 Å². The van der Waals surface area contributed by atoms with Crippen molar-refractivity contribution in [2.24, 2.45) is 14.1 Å². The maximum atomic E-state index is 12.3. The van der Waals surface area contributed by atoms with Crippen LogP contribution in [0.15, 0.2) is 18.6 Å². The molecule has 0 aliphatic heterocycles. The van der Waals surface area contributed by atoms with Gasteiger partial charge in [0.25, 0.3) is 5.91 Å². The van der Waals surface area contributed by atoms with Gasteiger partial charge in [0.1, 0.15) is 0 Å². The molecule has 0 fully saturated rings. The van der Waals surface area contributed by atoms with Crippen molar-refractivity contribution in [2.75, 3.05) is 7.05 Å². The SMILES string of the molecule is CN(Cc1cnn(C)c1)C(=O)c1cn(C)nc1C(=O)O. The van der Waals surface area contributed by atoms with Gasteiger partial charge in [-0.2, -0.15) is 10.2 Å². The Hall–Kier alpha value is -2.64. The molecule has 0 aliphatic carbocycles. The third kappa shape index (κ3) is 2.68. The number of aromatic carboxylic acids is 1. The monoisotopic (exact) mass is 277 g/mol. The molecule has 8 nitrogen and oxygen atoms in total. The predicted molar refractivity (Wildman–Crippen MR) is 69.2 cm³/mol. The minimum absolute atomic E-state index is 0.0754. The predicted octanol–water partition coefficient (Wildman–Crippen LogP) is 0.124. The first-order chi connectivity index (χ1) is 9.38. The van der Waals surface area contributed by atoms with Crippen molar-refractivity contribution in [3.8, 4) is 0 Å². The molecule has 8 heteroatoms. The van der Waals surface area contributed by atoms with Gasteiger partial charge in [-0.3, -0.25) is 14.2 Å². The molecular weight excluding hydrogens is 262 g/mol. The van der Waals surface area contributed by atoms with E-state index in [1.807, 2.05) is 0 Å².